The Hall–Kier alpha value is -2.65. The van der Waals surface area contributed by atoms with Crippen LogP contribution in [0.5, 0.6) is 0 Å². The molecule has 1 unspecified atom stereocenters. The van der Waals surface area contributed by atoms with E-state index in [-0.39, 0.29) is 17.9 Å². The Bertz CT molecular complexity index is 1180. The first kappa shape index (κ1) is 22.2. The Balaban J connectivity index is 1.37. The van der Waals surface area contributed by atoms with Gasteiger partial charge in [0, 0.05) is 30.0 Å². The molecule has 0 spiro atoms. The number of thiophene rings is 1. The second-order valence-corrected chi connectivity index (χ2v) is 10.5. The number of nitrogens with zero attached hydrogens (tertiary/aromatic N) is 4. The third kappa shape index (κ3) is 4.56. The summed E-state index contributed by atoms with van der Waals surface area (Å²) in [4.78, 5) is 28.2. The molecule has 2 aliphatic rings. The molecular formula is C24H27N5O2S2. The van der Waals surface area contributed by atoms with E-state index < -0.39 is 0 Å². The van der Waals surface area contributed by atoms with Crippen molar-refractivity contribution in [3.63, 3.8) is 0 Å². The molecule has 172 valence electrons. The van der Waals surface area contributed by atoms with E-state index in [4.69, 9.17) is 0 Å². The van der Waals surface area contributed by atoms with Gasteiger partial charge in [-0.25, -0.2) is 0 Å². The van der Waals surface area contributed by atoms with Gasteiger partial charge in [0.25, 0.3) is 0 Å². The lowest BCUT2D eigenvalue weighted by molar-refractivity contribution is -0.131. The second-order valence-electron chi connectivity index (χ2n) is 8.53. The summed E-state index contributed by atoms with van der Waals surface area (Å²) in [7, 11) is 0. The van der Waals surface area contributed by atoms with Crippen LogP contribution >= 0.6 is 23.1 Å². The molecule has 5 rings (SSSR count). The molecule has 1 atom stereocenters. The minimum Gasteiger partial charge on any atom is -0.335 e. The van der Waals surface area contributed by atoms with Crippen molar-refractivity contribution in [2.24, 2.45) is 0 Å². The zero-order valence-electron chi connectivity index (χ0n) is 18.8. The van der Waals surface area contributed by atoms with E-state index in [9.17, 15) is 9.59 Å². The highest BCUT2D eigenvalue weighted by molar-refractivity contribution is 7.99. The number of amides is 2. The number of benzene rings is 1. The zero-order chi connectivity index (χ0) is 22.9. The largest absolute Gasteiger partial charge is 0.335 e. The summed E-state index contributed by atoms with van der Waals surface area (Å²) in [6.45, 7) is 4.41. The summed E-state index contributed by atoms with van der Waals surface area (Å²) >= 11 is 3.23. The lowest BCUT2D eigenvalue weighted by Gasteiger charge is -2.35. The van der Waals surface area contributed by atoms with Gasteiger partial charge in [-0.2, -0.15) is 0 Å². The van der Waals surface area contributed by atoms with Crippen molar-refractivity contribution in [2.75, 3.05) is 17.6 Å². The van der Waals surface area contributed by atoms with Gasteiger partial charge in [-0.15, -0.1) is 21.5 Å². The van der Waals surface area contributed by atoms with Crippen molar-refractivity contribution in [3.05, 3.63) is 52.0 Å². The van der Waals surface area contributed by atoms with Crippen LogP contribution < -0.4 is 5.32 Å². The van der Waals surface area contributed by atoms with E-state index in [1.807, 2.05) is 33.7 Å². The van der Waals surface area contributed by atoms with Crippen LogP contribution in [-0.2, 0) is 16.0 Å². The van der Waals surface area contributed by atoms with Crippen LogP contribution in [0.1, 0.15) is 61.3 Å². The number of thioether (sulfide) groups is 1. The van der Waals surface area contributed by atoms with Crippen LogP contribution in [0, 0.1) is 0 Å². The Morgan fingerprint density at radius 2 is 2.09 bits per heavy atom. The number of nitrogens with one attached hydrogen (secondary N) is 1. The van der Waals surface area contributed by atoms with Gasteiger partial charge < -0.3 is 10.2 Å². The number of aromatic nitrogens is 3. The van der Waals surface area contributed by atoms with Gasteiger partial charge >= 0.3 is 0 Å². The average Bonchev–Trinajstić information content (AvgIpc) is 3.38. The van der Waals surface area contributed by atoms with Gasteiger partial charge in [-0.3, -0.25) is 14.2 Å². The standard InChI is InChI=1S/C24H27N5O2S2/c1-3-20-19-10-12-32-21(19)9-11-28(20)22(31)14-33-24-27-26-23(16-7-8-16)29(24)18-6-4-5-17(13-18)25-15(2)30/h4-6,10,12-13,16,20H,3,7-9,11,14H2,1-2H3,(H,25,30). The zero-order valence-corrected chi connectivity index (χ0v) is 20.4. The molecule has 9 heteroatoms. The molecule has 0 saturated heterocycles. The van der Waals surface area contributed by atoms with Crippen LogP contribution in [0.3, 0.4) is 0 Å². The Morgan fingerprint density at radius 3 is 2.85 bits per heavy atom. The molecule has 1 fully saturated rings. The smallest absolute Gasteiger partial charge is 0.233 e. The maximum absolute atomic E-state index is 13.3. The first-order chi connectivity index (χ1) is 16.0. The second kappa shape index (κ2) is 9.30. The fourth-order valence-electron chi connectivity index (χ4n) is 4.49. The van der Waals surface area contributed by atoms with Gasteiger partial charge in [0.2, 0.25) is 11.8 Å². The van der Waals surface area contributed by atoms with Crippen molar-refractivity contribution in [1.82, 2.24) is 19.7 Å². The molecule has 3 aromatic rings. The van der Waals surface area contributed by atoms with Crippen molar-refractivity contribution < 1.29 is 9.59 Å². The average molecular weight is 482 g/mol. The number of hydrogen-bond donors (Lipinski definition) is 1. The number of hydrogen-bond acceptors (Lipinski definition) is 6. The minimum atomic E-state index is -0.112. The molecule has 2 amide bonds. The van der Waals surface area contributed by atoms with E-state index >= 15 is 0 Å². The molecule has 1 aliphatic heterocycles. The predicted molar refractivity (Wildman–Crippen MR) is 131 cm³/mol. The lowest BCUT2D eigenvalue weighted by atomic mass is 9.98. The van der Waals surface area contributed by atoms with Crippen LogP contribution in [0.2, 0.25) is 0 Å². The third-order valence-corrected chi connectivity index (χ3v) is 8.06. The highest BCUT2D eigenvalue weighted by Crippen LogP contribution is 2.41. The normalized spacial score (nSPS) is 17.6. The van der Waals surface area contributed by atoms with Crippen LogP contribution in [0.4, 0.5) is 5.69 Å². The van der Waals surface area contributed by atoms with Crippen molar-refractivity contribution in [2.45, 2.75) is 56.6 Å². The molecule has 1 aliphatic carbocycles. The fraction of sp³-hybridized carbons (Fsp3) is 0.417. The molecule has 0 bridgehead atoms. The molecule has 1 N–H and O–H groups in total. The van der Waals surface area contributed by atoms with Gasteiger partial charge in [-0.1, -0.05) is 24.8 Å². The van der Waals surface area contributed by atoms with Crippen LogP contribution in [0.25, 0.3) is 5.69 Å². The van der Waals surface area contributed by atoms with Crippen molar-refractivity contribution in [3.8, 4) is 5.69 Å². The molecule has 3 heterocycles. The monoisotopic (exact) mass is 481 g/mol. The molecule has 1 saturated carbocycles. The summed E-state index contributed by atoms with van der Waals surface area (Å²) in [5, 5.41) is 14.6. The molecule has 0 radical (unpaired) electrons. The number of rotatable bonds is 7. The fourth-order valence-corrected chi connectivity index (χ4v) is 6.27. The Kier molecular flexibility index (Phi) is 6.25. The summed E-state index contributed by atoms with van der Waals surface area (Å²) in [5.41, 5.74) is 2.93. The molecule has 1 aromatic carbocycles. The molecular weight excluding hydrogens is 454 g/mol. The van der Waals surface area contributed by atoms with E-state index in [1.165, 1.54) is 29.1 Å². The summed E-state index contributed by atoms with van der Waals surface area (Å²) in [5.74, 6) is 1.68. The maximum Gasteiger partial charge on any atom is 0.233 e. The van der Waals surface area contributed by atoms with Crippen LogP contribution in [-0.4, -0.2) is 43.8 Å². The quantitative estimate of drug-likeness (QED) is 0.491. The van der Waals surface area contributed by atoms with Gasteiger partial charge in [-0.05, 0) is 60.9 Å². The minimum absolute atomic E-state index is 0.112. The SMILES string of the molecule is CCC1c2ccsc2CCN1C(=O)CSc1nnc(C2CC2)n1-c1cccc(NC(C)=O)c1. The number of anilines is 1. The van der Waals surface area contributed by atoms with Crippen molar-refractivity contribution in [1.29, 1.82) is 0 Å². The van der Waals surface area contributed by atoms with Crippen molar-refractivity contribution >= 4 is 40.6 Å². The van der Waals surface area contributed by atoms with Gasteiger partial charge in [0.15, 0.2) is 5.16 Å². The van der Waals surface area contributed by atoms with Crippen LogP contribution in [0.15, 0.2) is 40.9 Å². The summed E-state index contributed by atoms with van der Waals surface area (Å²) in [6, 6.07) is 10.0. The molecule has 2 aromatic heterocycles. The molecule has 33 heavy (non-hydrogen) atoms. The van der Waals surface area contributed by atoms with Gasteiger partial charge in [0.1, 0.15) is 5.82 Å². The first-order valence-electron chi connectivity index (χ1n) is 11.4. The highest BCUT2D eigenvalue weighted by atomic mass is 32.2. The Morgan fingerprint density at radius 1 is 1.24 bits per heavy atom. The summed E-state index contributed by atoms with van der Waals surface area (Å²) in [6.07, 6.45) is 4.04. The van der Waals surface area contributed by atoms with E-state index in [0.29, 0.717) is 16.8 Å². The third-order valence-electron chi connectivity index (χ3n) is 6.15. The number of carbonyl (C=O) groups excluding carboxylic acids is 2. The number of carbonyl (C=O) groups is 2. The highest BCUT2D eigenvalue weighted by Gasteiger charge is 2.33. The Labute approximate surface area is 201 Å². The van der Waals surface area contributed by atoms with E-state index in [1.54, 1.807) is 11.3 Å². The lowest BCUT2D eigenvalue weighted by Crippen LogP contribution is -2.40. The van der Waals surface area contributed by atoms with E-state index in [2.05, 4.69) is 33.9 Å². The van der Waals surface area contributed by atoms with E-state index in [0.717, 1.165) is 49.4 Å². The first-order valence-corrected chi connectivity index (χ1v) is 13.2. The maximum atomic E-state index is 13.3. The number of fused-ring (bicyclic) bond motifs is 1. The molecule has 7 nitrogen and oxygen atoms in total. The predicted octanol–water partition coefficient (Wildman–Crippen LogP) is 4.79. The van der Waals surface area contributed by atoms with Gasteiger partial charge in [0.05, 0.1) is 17.5 Å². The topological polar surface area (TPSA) is 80.1 Å². The summed E-state index contributed by atoms with van der Waals surface area (Å²) < 4.78 is 2.05.